The molecule has 0 spiro atoms. The van der Waals surface area contributed by atoms with Crippen molar-refractivity contribution < 1.29 is 61.1 Å². The van der Waals surface area contributed by atoms with Crippen molar-refractivity contribution in [3.05, 3.63) is 83.2 Å². The highest BCUT2D eigenvalue weighted by Gasteiger charge is 2.67. The van der Waals surface area contributed by atoms with Crippen molar-refractivity contribution in [1.29, 1.82) is 0 Å². The van der Waals surface area contributed by atoms with Crippen LogP contribution >= 0.6 is 10.2 Å². The minimum absolute atomic E-state index is 0.0127. The molecule has 1 saturated heterocycles. The predicted octanol–water partition coefficient (Wildman–Crippen LogP) is 8.75. The predicted molar refractivity (Wildman–Crippen MR) is 145 cm³/mol. The Morgan fingerprint density at radius 1 is 0.818 bits per heavy atom. The van der Waals surface area contributed by atoms with Crippen LogP contribution in [0.5, 0.6) is 5.75 Å². The number of hydrogen-bond acceptors (Lipinski definition) is 6. The summed E-state index contributed by atoms with van der Waals surface area (Å²) in [6.45, 7) is 4.66. The van der Waals surface area contributed by atoms with E-state index in [1.54, 1.807) is 0 Å². The van der Waals surface area contributed by atoms with Crippen LogP contribution in [0.3, 0.4) is 0 Å². The van der Waals surface area contributed by atoms with Gasteiger partial charge in [-0.05, 0) is 48.4 Å². The van der Waals surface area contributed by atoms with Crippen molar-refractivity contribution >= 4 is 16.2 Å². The number of halogens is 8. The molecule has 0 unspecified atom stereocenters. The Bertz CT molecular complexity index is 1490. The Morgan fingerprint density at radius 2 is 1.52 bits per heavy atom. The highest BCUT2D eigenvalue weighted by molar-refractivity contribution is 8.45. The fraction of sp³-hybridized carbons (Fsp3) is 0.345. The standard InChI is InChI=1S/C29H28F8O6S/c1-2-9-39-10-11-40-15-18-16-41-29(42-17-18)21-3-6-22(23(30)14-21)19-4-7-26(24(31)12-19)43-28(38)20-5-8-27(25(32)13-20)44(33,34,35,36)37/h3-8,12-14,18,29H,2,9-11,15-17H2,1H3. The lowest BCUT2D eigenvalue weighted by Crippen LogP contribution is -2.30. The second-order valence-corrected chi connectivity index (χ2v) is 12.3. The van der Waals surface area contributed by atoms with Gasteiger partial charge in [0.05, 0.1) is 38.6 Å². The molecule has 0 atom stereocenters. The average Bonchev–Trinajstić information content (AvgIpc) is 2.95. The number of carbonyl (C=O) groups is 1. The van der Waals surface area contributed by atoms with Gasteiger partial charge in [-0.15, -0.1) is 0 Å². The smallest absolute Gasteiger partial charge is 0.343 e. The molecule has 0 saturated carbocycles. The molecule has 0 aromatic heterocycles. The Labute approximate surface area is 247 Å². The Hall–Kier alpha value is -3.24. The molecule has 3 aromatic rings. The molecule has 4 rings (SSSR count). The normalized spacial score (nSPS) is 18.8. The fourth-order valence-electron chi connectivity index (χ4n) is 4.21. The summed E-state index contributed by atoms with van der Waals surface area (Å²) in [5.41, 5.74) is -0.468. The number of carbonyl (C=O) groups excluding carboxylic acids is 1. The molecule has 0 N–H and O–H groups in total. The summed E-state index contributed by atoms with van der Waals surface area (Å²) in [5.74, 6) is -6.54. The molecule has 0 bridgehead atoms. The van der Waals surface area contributed by atoms with Crippen LogP contribution in [0.1, 0.15) is 35.6 Å². The summed E-state index contributed by atoms with van der Waals surface area (Å²) in [5, 5.41) is 0. The van der Waals surface area contributed by atoms with Gasteiger partial charge in [0.2, 0.25) is 0 Å². The zero-order valence-corrected chi connectivity index (χ0v) is 24.0. The van der Waals surface area contributed by atoms with Gasteiger partial charge in [0, 0.05) is 23.7 Å². The fourth-order valence-corrected chi connectivity index (χ4v) is 4.96. The lowest BCUT2D eigenvalue weighted by atomic mass is 10.0. The first kappa shape index (κ1) is 33.6. The molecule has 6 nitrogen and oxygen atoms in total. The Balaban J connectivity index is 1.36. The van der Waals surface area contributed by atoms with E-state index in [9.17, 15) is 33.0 Å². The summed E-state index contributed by atoms with van der Waals surface area (Å²) in [6, 6.07) is 6.95. The molecular weight excluding hydrogens is 628 g/mol. The molecule has 0 radical (unpaired) electrons. The zero-order chi connectivity index (χ0) is 32.2. The van der Waals surface area contributed by atoms with Gasteiger partial charge >= 0.3 is 16.2 Å². The van der Waals surface area contributed by atoms with Crippen LogP contribution in [0, 0.1) is 23.4 Å². The lowest BCUT2D eigenvalue weighted by Gasteiger charge is -2.40. The molecule has 1 aliphatic heterocycles. The average molecular weight is 657 g/mol. The molecule has 1 fully saturated rings. The second-order valence-electron chi connectivity index (χ2n) is 9.94. The third kappa shape index (κ3) is 8.69. The molecule has 242 valence electrons. The third-order valence-corrected chi connectivity index (χ3v) is 7.50. The van der Waals surface area contributed by atoms with E-state index in [0.717, 1.165) is 18.6 Å². The van der Waals surface area contributed by atoms with Crippen LogP contribution in [-0.4, -0.2) is 45.6 Å². The molecule has 1 heterocycles. The van der Waals surface area contributed by atoms with Gasteiger partial charge in [0.25, 0.3) is 0 Å². The highest BCUT2D eigenvalue weighted by Crippen LogP contribution is 3.02. The molecule has 3 aromatic carbocycles. The number of esters is 1. The molecule has 15 heteroatoms. The monoisotopic (exact) mass is 656 g/mol. The van der Waals surface area contributed by atoms with Gasteiger partial charge in [-0.3, -0.25) is 0 Å². The zero-order valence-electron chi connectivity index (χ0n) is 23.2. The van der Waals surface area contributed by atoms with Crippen molar-refractivity contribution in [2.24, 2.45) is 5.92 Å². The first-order valence-corrected chi connectivity index (χ1v) is 15.2. The quantitative estimate of drug-likeness (QED) is 0.0841. The van der Waals surface area contributed by atoms with Crippen LogP contribution < -0.4 is 4.74 Å². The van der Waals surface area contributed by atoms with Gasteiger partial charge in [0.15, 0.2) is 17.9 Å². The molecule has 44 heavy (non-hydrogen) atoms. The molecule has 1 aliphatic rings. The van der Waals surface area contributed by atoms with Crippen molar-refractivity contribution in [1.82, 2.24) is 0 Å². The summed E-state index contributed by atoms with van der Waals surface area (Å²) in [6.07, 6.45) is 0.0929. The van der Waals surface area contributed by atoms with Gasteiger partial charge in [-0.1, -0.05) is 44.6 Å². The number of hydrogen-bond donors (Lipinski definition) is 0. The maximum Gasteiger partial charge on any atom is 0.343 e. The van der Waals surface area contributed by atoms with E-state index in [2.05, 4.69) is 0 Å². The van der Waals surface area contributed by atoms with E-state index in [4.69, 9.17) is 23.7 Å². The van der Waals surface area contributed by atoms with Crippen LogP contribution in [0.4, 0.5) is 32.6 Å². The molecule has 0 aliphatic carbocycles. The maximum atomic E-state index is 15.0. The number of ether oxygens (including phenoxy) is 5. The van der Waals surface area contributed by atoms with Gasteiger partial charge in [-0.2, -0.15) is 0 Å². The van der Waals surface area contributed by atoms with Crippen LogP contribution in [0.2, 0.25) is 0 Å². The van der Waals surface area contributed by atoms with E-state index < -0.39 is 56.1 Å². The molecule has 0 amide bonds. The van der Waals surface area contributed by atoms with Crippen LogP contribution in [0.25, 0.3) is 11.1 Å². The summed E-state index contributed by atoms with van der Waals surface area (Å²) in [7, 11) is -10.3. The maximum absolute atomic E-state index is 15.0. The number of rotatable bonds is 12. The minimum atomic E-state index is -10.3. The van der Waals surface area contributed by atoms with Crippen molar-refractivity contribution in [2.45, 2.75) is 24.5 Å². The van der Waals surface area contributed by atoms with Gasteiger partial charge in [-0.25, -0.2) is 18.0 Å². The van der Waals surface area contributed by atoms with Crippen LogP contribution in [0.15, 0.2) is 59.5 Å². The van der Waals surface area contributed by atoms with E-state index in [-0.39, 0.29) is 35.2 Å². The Morgan fingerprint density at radius 3 is 2.14 bits per heavy atom. The summed E-state index contributed by atoms with van der Waals surface area (Å²) < 4.78 is 135. The lowest BCUT2D eigenvalue weighted by molar-refractivity contribution is -0.212. The first-order valence-electron chi connectivity index (χ1n) is 13.3. The van der Waals surface area contributed by atoms with E-state index in [1.165, 1.54) is 24.3 Å². The van der Waals surface area contributed by atoms with Crippen molar-refractivity contribution in [3.8, 4) is 16.9 Å². The van der Waals surface area contributed by atoms with Gasteiger partial charge in [0.1, 0.15) is 16.5 Å². The van der Waals surface area contributed by atoms with Gasteiger partial charge < -0.3 is 23.7 Å². The number of benzene rings is 3. The van der Waals surface area contributed by atoms with Crippen LogP contribution in [-0.2, 0) is 18.9 Å². The largest absolute Gasteiger partial charge is 0.420 e. The molecular formula is C29H28F8O6S. The first-order chi connectivity index (χ1) is 20.6. The summed E-state index contributed by atoms with van der Waals surface area (Å²) >= 11 is 0. The minimum Gasteiger partial charge on any atom is -0.420 e. The third-order valence-electron chi connectivity index (χ3n) is 6.33. The highest BCUT2D eigenvalue weighted by atomic mass is 32.5. The van der Waals surface area contributed by atoms with Crippen molar-refractivity contribution in [3.63, 3.8) is 0 Å². The van der Waals surface area contributed by atoms with E-state index >= 15 is 4.39 Å². The Kier molecular flexibility index (Phi) is 9.66. The SMILES string of the molecule is CCCOCCOCC1COC(c2ccc(-c3ccc(OC(=O)c4ccc(S(F)(F)(F)(F)F)c(F)c4)c(F)c3)c(F)c2)OC1. The topological polar surface area (TPSA) is 63.2 Å². The van der Waals surface area contributed by atoms with E-state index in [0.29, 0.717) is 45.2 Å². The summed E-state index contributed by atoms with van der Waals surface area (Å²) in [4.78, 5) is 9.45. The second kappa shape index (κ2) is 12.6. The van der Waals surface area contributed by atoms with Crippen molar-refractivity contribution in [2.75, 3.05) is 39.6 Å². The van der Waals surface area contributed by atoms with E-state index in [1.807, 2.05) is 6.92 Å².